The van der Waals surface area contributed by atoms with Gasteiger partial charge in [0.15, 0.2) is 5.96 Å². The van der Waals surface area contributed by atoms with Crippen molar-refractivity contribution in [3.8, 4) is 5.75 Å². The fraction of sp³-hybridized carbons (Fsp3) is 0.468. The van der Waals surface area contributed by atoms with E-state index in [0.717, 1.165) is 21.6 Å². The SMILES string of the molecule is CC1(C)SSC[C@@H](C(=O)N[C@@H](Cc2cnc[nH]2)C(=O)N2CCC[C@H]2C(=O)N[C@@H](Cc2ccccc2)C(=O)O)NC(=O)[C@H](Cc2ccc(O)cc2)NC(=O)[C@H]1NC(=O)[C@H](CCCN=C(N)N)NC(=O)[C@@H](N)CC(=O)O. The summed E-state index contributed by atoms with van der Waals surface area (Å²) in [6.45, 7) is 3.42. The van der Waals surface area contributed by atoms with Crippen LogP contribution in [0.2, 0.25) is 0 Å². The molecule has 16 N–H and O–H groups in total. The number of imidazole rings is 1. The monoisotopic (exact) mass is 1070 g/mol. The number of aliphatic imine (C=N–C) groups is 1. The predicted octanol–water partition coefficient (Wildman–Crippen LogP) is -1.84. The summed E-state index contributed by atoms with van der Waals surface area (Å²) in [6, 6.07) is 3.69. The van der Waals surface area contributed by atoms with Gasteiger partial charge in [0.05, 0.1) is 18.8 Å². The zero-order valence-corrected chi connectivity index (χ0v) is 42.3. The van der Waals surface area contributed by atoms with E-state index in [1.807, 2.05) is 0 Å². The molecule has 3 heterocycles. The molecule has 0 aliphatic carbocycles. The van der Waals surface area contributed by atoms with Crippen molar-refractivity contribution in [3.63, 3.8) is 0 Å². The number of carboxylic acid groups (broad SMARTS) is 2. The van der Waals surface area contributed by atoms with Crippen LogP contribution in [0.3, 0.4) is 0 Å². The van der Waals surface area contributed by atoms with Gasteiger partial charge in [-0.3, -0.25) is 43.3 Å². The van der Waals surface area contributed by atoms with Crippen LogP contribution in [-0.4, -0.2) is 161 Å². The van der Waals surface area contributed by atoms with E-state index in [4.69, 9.17) is 17.2 Å². The highest BCUT2D eigenvalue weighted by Crippen LogP contribution is 2.39. The van der Waals surface area contributed by atoms with Gasteiger partial charge in [-0.2, -0.15) is 0 Å². The molecule has 27 heteroatoms. The number of hydrogen-bond donors (Lipinski definition) is 13. The molecule has 0 radical (unpaired) electrons. The summed E-state index contributed by atoms with van der Waals surface area (Å²) in [5, 5.41) is 45.2. The van der Waals surface area contributed by atoms with E-state index in [1.165, 1.54) is 41.7 Å². The maximum absolute atomic E-state index is 14.6. The Labute approximate surface area is 433 Å². The van der Waals surface area contributed by atoms with Crippen molar-refractivity contribution >= 4 is 80.8 Å². The van der Waals surface area contributed by atoms with Gasteiger partial charge >= 0.3 is 11.9 Å². The van der Waals surface area contributed by atoms with Gasteiger partial charge in [0, 0.05) is 54.7 Å². The standard InChI is InChI=1S/C47H63N13O12S2/c1-47(2)37(59-39(65)30(10-6-16-52-46(49)50)54-38(64)29(48)21-36(62)63)43(69)55-31(18-26-12-14-28(61)15-13-26)40(66)58-34(23-73-74-47)41(67)56-32(20-27-22-51-24-53-27)44(70)60-17-7-11-35(60)42(68)57-33(45(71)72)19-25-8-4-3-5-9-25/h3-5,8-9,12-15,22,24,29-35,37,61H,6-7,10-11,16-21,23,48H2,1-2H3,(H,51,53)(H,54,64)(H,55,69)(H,56,67)(H,57,68)(H,58,66)(H,59,65)(H,62,63)(H,71,72)(H4,49,50,52)/t29-,30-,31-,32-,33-,34-,35-,37+/m0/s1. The molecule has 2 saturated heterocycles. The van der Waals surface area contributed by atoms with Crippen LogP contribution in [0, 0.1) is 0 Å². The van der Waals surface area contributed by atoms with E-state index in [2.05, 4.69) is 46.9 Å². The number of guanidine groups is 1. The number of carboxylic acids is 2. The van der Waals surface area contributed by atoms with Crippen molar-refractivity contribution in [1.29, 1.82) is 0 Å². The molecule has 2 aliphatic rings. The van der Waals surface area contributed by atoms with Crippen LogP contribution in [0.1, 0.15) is 62.8 Å². The Morgan fingerprint density at radius 2 is 1.58 bits per heavy atom. The molecule has 0 unspecified atom stereocenters. The first-order valence-corrected chi connectivity index (χ1v) is 25.9. The Morgan fingerprint density at radius 3 is 2.23 bits per heavy atom. The lowest BCUT2D eigenvalue weighted by atomic mass is 9.99. The number of aromatic nitrogens is 2. The van der Waals surface area contributed by atoms with Crippen molar-refractivity contribution in [1.82, 2.24) is 46.8 Å². The fourth-order valence-corrected chi connectivity index (χ4v) is 10.9. The van der Waals surface area contributed by atoms with Crippen LogP contribution in [0.5, 0.6) is 5.75 Å². The number of nitrogens with one attached hydrogen (secondary N) is 7. The molecule has 2 aliphatic heterocycles. The molecule has 2 aromatic carbocycles. The van der Waals surface area contributed by atoms with Crippen molar-refractivity contribution in [2.24, 2.45) is 22.2 Å². The van der Waals surface area contributed by atoms with Crippen LogP contribution in [-0.2, 0) is 62.4 Å². The van der Waals surface area contributed by atoms with Crippen molar-refractivity contribution in [2.75, 3.05) is 18.8 Å². The fourth-order valence-electron chi connectivity index (χ4n) is 8.13. The minimum Gasteiger partial charge on any atom is -0.508 e. The summed E-state index contributed by atoms with van der Waals surface area (Å²) in [6.07, 6.45) is 2.47. The maximum atomic E-state index is 14.6. The highest BCUT2D eigenvalue weighted by molar-refractivity contribution is 8.77. The molecule has 0 bridgehead atoms. The topological polar surface area (TPSA) is 409 Å². The van der Waals surface area contributed by atoms with Gasteiger partial charge in [-0.1, -0.05) is 64.1 Å². The molecule has 2 fully saturated rings. The molecular weight excluding hydrogens is 1000 g/mol. The quantitative estimate of drug-likeness (QED) is 0.0227. The molecule has 7 amide bonds. The molecule has 5 rings (SSSR count). The molecular formula is C47H63N13O12S2. The van der Waals surface area contributed by atoms with E-state index in [9.17, 15) is 58.5 Å². The zero-order valence-electron chi connectivity index (χ0n) is 40.7. The van der Waals surface area contributed by atoms with Gasteiger partial charge < -0.3 is 74.3 Å². The number of amides is 7. The van der Waals surface area contributed by atoms with Crippen LogP contribution < -0.4 is 49.1 Å². The number of phenolic OH excluding ortho intramolecular Hbond substituents is 1. The largest absolute Gasteiger partial charge is 0.508 e. The smallest absolute Gasteiger partial charge is 0.326 e. The lowest BCUT2D eigenvalue weighted by molar-refractivity contribution is -0.145. The number of rotatable bonds is 22. The number of nitrogens with zero attached hydrogens (tertiary/aromatic N) is 3. The van der Waals surface area contributed by atoms with Crippen molar-refractivity contribution in [3.05, 3.63) is 83.9 Å². The van der Waals surface area contributed by atoms with E-state index in [1.54, 1.807) is 44.2 Å². The molecule has 0 saturated carbocycles. The molecule has 0 spiro atoms. The number of carbonyl (C=O) groups excluding carboxylic acids is 7. The molecule has 3 aromatic rings. The molecule has 74 heavy (non-hydrogen) atoms. The predicted molar refractivity (Wildman–Crippen MR) is 272 cm³/mol. The number of phenols is 1. The molecule has 8 atom stereocenters. The first-order chi connectivity index (χ1) is 35.1. The number of carbonyl (C=O) groups is 9. The molecule has 25 nitrogen and oxygen atoms in total. The van der Waals surface area contributed by atoms with Crippen LogP contribution in [0.4, 0.5) is 0 Å². The summed E-state index contributed by atoms with van der Waals surface area (Å²) in [7, 11) is 2.14. The number of nitrogens with two attached hydrogens (primary N) is 3. The van der Waals surface area contributed by atoms with Gasteiger partial charge in [0.1, 0.15) is 48.0 Å². The third-order valence-corrected chi connectivity index (χ3v) is 15.3. The van der Waals surface area contributed by atoms with E-state index in [0.29, 0.717) is 23.2 Å². The minimum absolute atomic E-state index is 0.00744. The second-order valence-corrected chi connectivity index (χ2v) is 21.2. The van der Waals surface area contributed by atoms with Gasteiger partial charge in [-0.05, 0) is 62.8 Å². The number of aromatic amines is 1. The summed E-state index contributed by atoms with van der Waals surface area (Å²) >= 11 is 0. The molecule has 400 valence electrons. The highest BCUT2D eigenvalue weighted by Gasteiger charge is 2.43. The van der Waals surface area contributed by atoms with Crippen molar-refractivity contribution < 1.29 is 58.5 Å². The third-order valence-electron chi connectivity index (χ3n) is 12.0. The van der Waals surface area contributed by atoms with Gasteiger partial charge in [0.25, 0.3) is 0 Å². The zero-order chi connectivity index (χ0) is 54.1. The summed E-state index contributed by atoms with van der Waals surface area (Å²) < 4.78 is -1.25. The first kappa shape index (κ1) is 57.5. The summed E-state index contributed by atoms with van der Waals surface area (Å²) in [5.41, 5.74) is 18.3. The summed E-state index contributed by atoms with van der Waals surface area (Å²) in [5.74, 6) is -8.72. The average Bonchev–Trinajstić information content (AvgIpc) is 4.06. The Bertz CT molecular complexity index is 2500. The van der Waals surface area contributed by atoms with E-state index < -0.39 is 113 Å². The normalized spacial score (nSPS) is 20.4. The Morgan fingerprint density at radius 1 is 0.878 bits per heavy atom. The Kier molecular flexibility index (Phi) is 21.0. The van der Waals surface area contributed by atoms with Gasteiger partial charge in [-0.25, -0.2) is 9.78 Å². The maximum Gasteiger partial charge on any atom is 0.326 e. The average molecular weight is 1070 g/mol. The van der Waals surface area contributed by atoms with Gasteiger partial charge in [0.2, 0.25) is 41.4 Å². The minimum atomic E-state index is -1.53. The number of aromatic hydroxyl groups is 1. The highest BCUT2D eigenvalue weighted by atomic mass is 33.1. The lowest BCUT2D eigenvalue weighted by Gasteiger charge is -2.34. The Hall–Kier alpha value is -7.39. The first-order valence-electron chi connectivity index (χ1n) is 23.6. The third kappa shape index (κ3) is 17.1. The van der Waals surface area contributed by atoms with Crippen LogP contribution in [0.25, 0.3) is 0 Å². The second kappa shape index (κ2) is 27.1. The molecule has 1 aromatic heterocycles. The number of likely N-dealkylation sites (tertiary alicyclic amines) is 1. The van der Waals surface area contributed by atoms with Crippen molar-refractivity contribution in [2.45, 2.75) is 118 Å². The second-order valence-electron chi connectivity index (χ2n) is 18.2. The number of hydrogen-bond acceptors (Lipinski definition) is 15. The van der Waals surface area contributed by atoms with Crippen LogP contribution in [0.15, 0.2) is 72.1 Å². The number of aliphatic carboxylic acids is 2. The van der Waals surface area contributed by atoms with E-state index >= 15 is 0 Å². The number of H-pyrrole nitrogens is 1. The number of benzene rings is 2. The lowest BCUT2D eigenvalue weighted by Crippen LogP contribution is -2.63. The Balaban J connectivity index is 1.41. The van der Waals surface area contributed by atoms with Crippen LogP contribution >= 0.6 is 21.6 Å². The van der Waals surface area contributed by atoms with E-state index in [-0.39, 0.29) is 69.1 Å². The van der Waals surface area contributed by atoms with Gasteiger partial charge in [-0.15, -0.1) is 0 Å². The summed E-state index contributed by atoms with van der Waals surface area (Å²) in [4.78, 5) is 135.